The van der Waals surface area contributed by atoms with Gasteiger partial charge in [-0.3, -0.25) is 11.3 Å². The summed E-state index contributed by atoms with van der Waals surface area (Å²) >= 11 is 0. The SMILES string of the molecule is C#CCC(NN)C1(c2ccccc2)CCC1. The van der Waals surface area contributed by atoms with Crippen LogP contribution in [-0.2, 0) is 5.41 Å². The van der Waals surface area contributed by atoms with Crippen molar-refractivity contribution < 1.29 is 0 Å². The fourth-order valence-corrected chi connectivity index (χ4v) is 2.70. The third-order valence-electron chi connectivity index (χ3n) is 3.78. The van der Waals surface area contributed by atoms with Crippen LogP contribution in [0.25, 0.3) is 0 Å². The van der Waals surface area contributed by atoms with Crippen LogP contribution < -0.4 is 11.3 Å². The molecule has 0 radical (unpaired) electrons. The first-order valence-electron chi connectivity index (χ1n) is 5.78. The van der Waals surface area contributed by atoms with E-state index in [4.69, 9.17) is 12.3 Å². The van der Waals surface area contributed by atoms with Crippen LogP contribution in [0.1, 0.15) is 31.2 Å². The predicted molar refractivity (Wildman–Crippen MR) is 66.5 cm³/mol. The number of hydrazine groups is 1. The minimum Gasteiger partial charge on any atom is -0.271 e. The van der Waals surface area contributed by atoms with Crippen LogP contribution in [0.2, 0.25) is 0 Å². The number of terminal acetylenes is 1. The third-order valence-corrected chi connectivity index (χ3v) is 3.78. The largest absolute Gasteiger partial charge is 0.271 e. The van der Waals surface area contributed by atoms with Gasteiger partial charge >= 0.3 is 0 Å². The van der Waals surface area contributed by atoms with E-state index in [2.05, 4.69) is 35.6 Å². The lowest BCUT2D eigenvalue weighted by atomic mass is 9.59. The third kappa shape index (κ3) is 1.73. The molecule has 0 saturated heterocycles. The Morgan fingerprint density at radius 1 is 1.38 bits per heavy atom. The minimum absolute atomic E-state index is 0.155. The molecule has 2 nitrogen and oxygen atoms in total. The maximum atomic E-state index is 5.65. The van der Waals surface area contributed by atoms with Crippen molar-refractivity contribution in [3.8, 4) is 12.3 Å². The molecule has 16 heavy (non-hydrogen) atoms. The topological polar surface area (TPSA) is 38.0 Å². The molecule has 0 amide bonds. The standard InChI is InChI=1S/C14H18N2/c1-2-7-13(16-15)14(10-6-11-14)12-8-4-3-5-9-12/h1,3-5,8-9,13,16H,6-7,10-11,15H2. The summed E-state index contributed by atoms with van der Waals surface area (Å²) in [7, 11) is 0. The van der Waals surface area contributed by atoms with Crippen LogP contribution in [0.5, 0.6) is 0 Å². The van der Waals surface area contributed by atoms with E-state index in [1.807, 2.05) is 6.07 Å². The molecule has 0 aromatic heterocycles. The van der Waals surface area contributed by atoms with Crippen LogP contribution in [0, 0.1) is 12.3 Å². The molecule has 2 rings (SSSR count). The summed E-state index contributed by atoms with van der Waals surface area (Å²) in [6, 6.07) is 10.8. The Morgan fingerprint density at radius 3 is 2.50 bits per heavy atom. The maximum Gasteiger partial charge on any atom is 0.0416 e. The van der Waals surface area contributed by atoms with E-state index in [1.165, 1.54) is 24.8 Å². The Balaban J connectivity index is 2.29. The van der Waals surface area contributed by atoms with Gasteiger partial charge in [-0.15, -0.1) is 12.3 Å². The molecule has 1 unspecified atom stereocenters. The van der Waals surface area contributed by atoms with Gasteiger partial charge in [0.2, 0.25) is 0 Å². The first-order chi connectivity index (χ1) is 7.83. The summed E-state index contributed by atoms with van der Waals surface area (Å²) in [5, 5.41) is 0. The molecule has 3 N–H and O–H groups in total. The quantitative estimate of drug-likeness (QED) is 0.457. The lowest BCUT2D eigenvalue weighted by Crippen LogP contribution is -2.54. The normalized spacial score (nSPS) is 19.5. The lowest BCUT2D eigenvalue weighted by molar-refractivity contribution is 0.171. The van der Waals surface area contributed by atoms with Crippen molar-refractivity contribution in [1.82, 2.24) is 5.43 Å². The van der Waals surface area contributed by atoms with E-state index in [1.54, 1.807) is 0 Å². The van der Waals surface area contributed by atoms with Gasteiger partial charge in [-0.05, 0) is 18.4 Å². The van der Waals surface area contributed by atoms with Crippen molar-refractivity contribution in [2.24, 2.45) is 5.84 Å². The summed E-state index contributed by atoms with van der Waals surface area (Å²) < 4.78 is 0. The van der Waals surface area contributed by atoms with Crippen molar-refractivity contribution in [1.29, 1.82) is 0 Å². The number of nitrogens with one attached hydrogen (secondary N) is 1. The molecule has 1 aliphatic carbocycles. The molecule has 1 aromatic carbocycles. The fraction of sp³-hybridized carbons (Fsp3) is 0.429. The second-order valence-electron chi connectivity index (χ2n) is 4.50. The molecule has 1 fully saturated rings. The monoisotopic (exact) mass is 214 g/mol. The molecule has 1 saturated carbocycles. The maximum absolute atomic E-state index is 5.65. The Labute approximate surface area is 97.2 Å². The summed E-state index contributed by atoms with van der Waals surface area (Å²) in [6.45, 7) is 0. The first-order valence-corrected chi connectivity index (χ1v) is 5.78. The Kier molecular flexibility index (Phi) is 3.28. The van der Waals surface area contributed by atoms with Crippen molar-refractivity contribution in [2.75, 3.05) is 0 Å². The van der Waals surface area contributed by atoms with Crippen molar-refractivity contribution in [2.45, 2.75) is 37.1 Å². The molecule has 1 atom stereocenters. The number of rotatable bonds is 4. The first kappa shape index (κ1) is 11.2. The van der Waals surface area contributed by atoms with E-state index in [9.17, 15) is 0 Å². The van der Waals surface area contributed by atoms with E-state index in [-0.39, 0.29) is 11.5 Å². The summed E-state index contributed by atoms with van der Waals surface area (Å²) in [4.78, 5) is 0. The highest BCUT2D eigenvalue weighted by molar-refractivity contribution is 5.31. The Morgan fingerprint density at radius 2 is 2.06 bits per heavy atom. The zero-order valence-corrected chi connectivity index (χ0v) is 9.45. The second kappa shape index (κ2) is 4.69. The molecule has 2 heteroatoms. The highest BCUT2D eigenvalue weighted by Crippen LogP contribution is 2.46. The van der Waals surface area contributed by atoms with Gasteiger partial charge in [-0.2, -0.15) is 0 Å². The van der Waals surface area contributed by atoms with Gasteiger partial charge in [0.1, 0.15) is 0 Å². The molecule has 1 aliphatic rings. The molecule has 0 heterocycles. The van der Waals surface area contributed by atoms with Crippen molar-refractivity contribution >= 4 is 0 Å². The van der Waals surface area contributed by atoms with Crippen LogP contribution >= 0.6 is 0 Å². The smallest absolute Gasteiger partial charge is 0.0416 e. The number of hydrogen-bond acceptors (Lipinski definition) is 2. The van der Waals surface area contributed by atoms with Crippen LogP contribution in [0.15, 0.2) is 30.3 Å². The van der Waals surface area contributed by atoms with Crippen LogP contribution in [0.4, 0.5) is 0 Å². The molecular formula is C14H18N2. The van der Waals surface area contributed by atoms with E-state index in [0.29, 0.717) is 6.42 Å². The summed E-state index contributed by atoms with van der Waals surface area (Å²) in [6.07, 6.45) is 9.71. The number of benzene rings is 1. The van der Waals surface area contributed by atoms with Gasteiger partial charge < -0.3 is 0 Å². The highest BCUT2D eigenvalue weighted by Gasteiger charge is 2.44. The van der Waals surface area contributed by atoms with Gasteiger partial charge in [-0.25, -0.2) is 0 Å². The number of hydrogen-bond donors (Lipinski definition) is 2. The van der Waals surface area contributed by atoms with Gasteiger partial charge in [-0.1, -0.05) is 36.8 Å². The fourth-order valence-electron chi connectivity index (χ4n) is 2.70. The van der Waals surface area contributed by atoms with Gasteiger partial charge in [0, 0.05) is 17.9 Å². The summed E-state index contributed by atoms with van der Waals surface area (Å²) in [5.74, 6) is 8.37. The van der Waals surface area contributed by atoms with Gasteiger partial charge in [0.05, 0.1) is 0 Å². The minimum atomic E-state index is 0.155. The summed E-state index contributed by atoms with van der Waals surface area (Å²) in [5.41, 5.74) is 4.42. The van der Waals surface area contributed by atoms with Crippen LogP contribution in [-0.4, -0.2) is 6.04 Å². The predicted octanol–water partition coefficient (Wildman–Crippen LogP) is 1.96. The average Bonchev–Trinajstić information content (AvgIpc) is 2.28. The number of nitrogens with two attached hydrogens (primary N) is 1. The average molecular weight is 214 g/mol. The van der Waals surface area contributed by atoms with Gasteiger partial charge in [0.15, 0.2) is 0 Å². The van der Waals surface area contributed by atoms with Crippen LogP contribution in [0.3, 0.4) is 0 Å². The second-order valence-corrected chi connectivity index (χ2v) is 4.50. The highest BCUT2D eigenvalue weighted by atomic mass is 15.2. The molecular weight excluding hydrogens is 196 g/mol. The van der Waals surface area contributed by atoms with Crippen molar-refractivity contribution in [3.05, 3.63) is 35.9 Å². The lowest BCUT2D eigenvalue weighted by Gasteiger charge is -2.47. The van der Waals surface area contributed by atoms with E-state index < -0.39 is 0 Å². The molecule has 0 aliphatic heterocycles. The molecule has 1 aromatic rings. The zero-order chi connectivity index (χ0) is 11.4. The molecule has 0 spiro atoms. The zero-order valence-electron chi connectivity index (χ0n) is 9.45. The Bertz CT molecular complexity index is 373. The Hall–Kier alpha value is -1.30. The van der Waals surface area contributed by atoms with Crippen molar-refractivity contribution in [3.63, 3.8) is 0 Å². The van der Waals surface area contributed by atoms with Gasteiger partial charge in [0.25, 0.3) is 0 Å². The van der Waals surface area contributed by atoms with E-state index in [0.717, 1.165) is 0 Å². The molecule has 84 valence electrons. The molecule has 0 bridgehead atoms. The van der Waals surface area contributed by atoms with E-state index >= 15 is 0 Å².